The van der Waals surface area contributed by atoms with Crippen molar-refractivity contribution in [2.24, 2.45) is 0 Å². The fourth-order valence-electron chi connectivity index (χ4n) is 3.92. The molecule has 1 aliphatic rings. The first-order chi connectivity index (χ1) is 16.5. The Hall–Kier alpha value is -3.52. The van der Waals surface area contributed by atoms with Gasteiger partial charge in [-0.05, 0) is 68.5 Å². The fourth-order valence-corrected chi connectivity index (χ4v) is 4.60. The van der Waals surface area contributed by atoms with Crippen molar-refractivity contribution in [1.82, 2.24) is 0 Å². The van der Waals surface area contributed by atoms with Crippen LogP contribution in [-0.2, 0) is 6.42 Å². The maximum Gasteiger partial charge on any atom is 0.268 e. The van der Waals surface area contributed by atoms with Crippen LogP contribution < -0.4 is 24.4 Å². The van der Waals surface area contributed by atoms with Crippen LogP contribution in [-0.4, -0.2) is 38.2 Å². The molecule has 2 heterocycles. The van der Waals surface area contributed by atoms with Gasteiger partial charge in [0.25, 0.3) is 11.8 Å². The summed E-state index contributed by atoms with van der Waals surface area (Å²) < 4.78 is 17.2. The Balaban J connectivity index is 1.60. The molecule has 178 valence electrons. The number of rotatable bonds is 9. The largest absolute Gasteiger partial charge is 0.490 e. The highest BCUT2D eigenvalue weighted by atomic mass is 32.1. The topological polar surface area (TPSA) is 77.1 Å². The lowest BCUT2D eigenvalue weighted by Crippen LogP contribution is -2.28. The van der Waals surface area contributed by atoms with Gasteiger partial charge in [0, 0.05) is 23.5 Å². The van der Waals surface area contributed by atoms with Gasteiger partial charge >= 0.3 is 0 Å². The minimum absolute atomic E-state index is 0.0218. The van der Waals surface area contributed by atoms with Crippen LogP contribution in [0.2, 0.25) is 0 Å². The van der Waals surface area contributed by atoms with Crippen LogP contribution in [0.15, 0.2) is 47.8 Å². The van der Waals surface area contributed by atoms with Gasteiger partial charge in [0.05, 0.1) is 24.7 Å². The molecular formula is C26H28N2O5S. The Kier molecular flexibility index (Phi) is 7.37. The minimum atomic E-state index is -0.306. The third-order valence-corrected chi connectivity index (χ3v) is 6.24. The highest BCUT2D eigenvalue weighted by Gasteiger charge is 2.27. The van der Waals surface area contributed by atoms with Crippen LogP contribution in [0.25, 0.3) is 0 Å². The zero-order valence-corrected chi connectivity index (χ0v) is 20.4. The summed E-state index contributed by atoms with van der Waals surface area (Å²) in [6, 6.07) is 12.7. The zero-order chi connectivity index (χ0) is 24.1. The molecule has 0 fully saturated rings. The molecule has 4 rings (SSSR count). The number of fused-ring (bicyclic) bond motifs is 1. The second-order valence-electron chi connectivity index (χ2n) is 7.58. The summed E-state index contributed by atoms with van der Waals surface area (Å²) in [6.07, 6.45) is 0.787. The molecule has 34 heavy (non-hydrogen) atoms. The highest BCUT2D eigenvalue weighted by molar-refractivity contribution is 7.12. The molecule has 2 amide bonds. The van der Waals surface area contributed by atoms with E-state index in [1.807, 2.05) is 56.5 Å². The van der Waals surface area contributed by atoms with Crippen LogP contribution in [0.4, 0.5) is 11.4 Å². The van der Waals surface area contributed by atoms with E-state index in [-0.39, 0.29) is 11.8 Å². The predicted octanol–water partition coefficient (Wildman–Crippen LogP) is 5.40. The van der Waals surface area contributed by atoms with Crippen LogP contribution in [0.5, 0.6) is 17.2 Å². The molecule has 8 heteroatoms. The van der Waals surface area contributed by atoms with Crippen molar-refractivity contribution >= 4 is 34.5 Å². The van der Waals surface area contributed by atoms with Gasteiger partial charge in [0.2, 0.25) is 5.75 Å². The van der Waals surface area contributed by atoms with E-state index in [9.17, 15) is 9.59 Å². The zero-order valence-electron chi connectivity index (χ0n) is 19.6. The molecule has 1 aromatic heterocycles. The number of carbonyl (C=O) groups is 2. The van der Waals surface area contributed by atoms with Gasteiger partial charge in [-0.1, -0.05) is 12.1 Å². The van der Waals surface area contributed by atoms with Crippen molar-refractivity contribution in [2.75, 3.05) is 36.6 Å². The lowest BCUT2D eigenvalue weighted by Gasteiger charge is -2.18. The molecule has 1 aliphatic heterocycles. The molecule has 0 spiro atoms. The van der Waals surface area contributed by atoms with Crippen LogP contribution in [0, 0.1) is 0 Å². The number of nitrogens with one attached hydrogen (secondary N) is 1. The summed E-state index contributed by atoms with van der Waals surface area (Å²) in [4.78, 5) is 28.5. The molecule has 1 N–H and O–H groups in total. The second-order valence-corrected chi connectivity index (χ2v) is 8.53. The Bertz CT molecular complexity index is 1150. The average molecular weight is 481 g/mol. The van der Waals surface area contributed by atoms with Crippen molar-refractivity contribution < 1.29 is 23.8 Å². The van der Waals surface area contributed by atoms with Gasteiger partial charge in [-0.2, -0.15) is 0 Å². The molecule has 0 bridgehead atoms. The first kappa shape index (κ1) is 23.6. The van der Waals surface area contributed by atoms with E-state index < -0.39 is 0 Å². The van der Waals surface area contributed by atoms with E-state index in [1.54, 1.807) is 17.0 Å². The first-order valence-electron chi connectivity index (χ1n) is 11.4. The molecule has 7 nitrogen and oxygen atoms in total. The van der Waals surface area contributed by atoms with Crippen molar-refractivity contribution in [3.63, 3.8) is 0 Å². The number of benzene rings is 2. The summed E-state index contributed by atoms with van der Waals surface area (Å²) >= 11 is 1.42. The molecule has 3 aromatic rings. The Morgan fingerprint density at radius 1 is 0.971 bits per heavy atom. The molecule has 0 saturated heterocycles. The second kappa shape index (κ2) is 10.6. The van der Waals surface area contributed by atoms with Crippen LogP contribution in [0.1, 0.15) is 46.4 Å². The molecule has 0 radical (unpaired) electrons. The van der Waals surface area contributed by atoms with Crippen molar-refractivity contribution in [2.45, 2.75) is 27.2 Å². The standard InChI is InChI=1S/C26H28N2O5S/c1-4-31-21-14-18(15-22(32-5-2)24(21)33-6-3)25(29)27-19-10-9-17-11-12-28(20(17)16-19)26(30)23-8-7-13-34-23/h7-10,13-16H,4-6,11-12H2,1-3H3,(H,27,29). The molecule has 0 aliphatic carbocycles. The van der Waals surface area contributed by atoms with E-state index in [0.29, 0.717) is 59.7 Å². The minimum Gasteiger partial charge on any atom is -0.490 e. The fraction of sp³-hybridized carbons (Fsp3) is 0.308. The van der Waals surface area contributed by atoms with Crippen molar-refractivity contribution in [3.05, 3.63) is 63.8 Å². The van der Waals surface area contributed by atoms with Gasteiger partial charge in [-0.3, -0.25) is 9.59 Å². The maximum atomic E-state index is 13.2. The Labute approximate surface area is 203 Å². The quantitative estimate of drug-likeness (QED) is 0.444. The van der Waals surface area contributed by atoms with Gasteiger partial charge in [-0.15, -0.1) is 11.3 Å². The normalized spacial score (nSPS) is 12.3. The lowest BCUT2D eigenvalue weighted by molar-refractivity contribution is 0.0991. The summed E-state index contributed by atoms with van der Waals surface area (Å²) in [7, 11) is 0. The number of anilines is 2. The monoisotopic (exact) mass is 480 g/mol. The predicted molar refractivity (Wildman–Crippen MR) is 134 cm³/mol. The summed E-state index contributed by atoms with van der Waals surface area (Å²) in [6.45, 7) is 7.55. The highest BCUT2D eigenvalue weighted by Crippen LogP contribution is 2.39. The number of nitrogens with zero attached hydrogens (tertiary/aromatic N) is 1. The molecule has 0 saturated carbocycles. The smallest absolute Gasteiger partial charge is 0.268 e. The van der Waals surface area contributed by atoms with E-state index in [0.717, 1.165) is 17.7 Å². The summed E-state index contributed by atoms with van der Waals surface area (Å²) in [5.41, 5.74) is 2.91. The van der Waals surface area contributed by atoms with E-state index in [4.69, 9.17) is 14.2 Å². The van der Waals surface area contributed by atoms with Gasteiger partial charge in [0.15, 0.2) is 11.5 Å². The van der Waals surface area contributed by atoms with Crippen LogP contribution in [0.3, 0.4) is 0 Å². The van der Waals surface area contributed by atoms with Gasteiger partial charge < -0.3 is 24.4 Å². The lowest BCUT2D eigenvalue weighted by atomic mass is 10.1. The van der Waals surface area contributed by atoms with Crippen LogP contribution >= 0.6 is 11.3 Å². The molecule has 2 aromatic carbocycles. The summed E-state index contributed by atoms with van der Waals surface area (Å²) in [5, 5.41) is 4.84. The number of carbonyl (C=O) groups excluding carboxylic acids is 2. The SMILES string of the molecule is CCOc1cc(C(=O)Nc2ccc3c(c2)N(C(=O)c2cccs2)CC3)cc(OCC)c1OCC. The maximum absolute atomic E-state index is 13.2. The number of ether oxygens (including phenoxy) is 3. The summed E-state index contributed by atoms with van der Waals surface area (Å²) in [5.74, 6) is 1.08. The number of thiophene rings is 1. The Morgan fingerprint density at radius 2 is 1.68 bits per heavy atom. The van der Waals surface area contributed by atoms with Gasteiger partial charge in [-0.25, -0.2) is 0 Å². The molecule has 0 unspecified atom stereocenters. The third kappa shape index (κ3) is 4.87. The van der Waals surface area contributed by atoms with E-state index >= 15 is 0 Å². The number of amides is 2. The molecule has 0 atom stereocenters. The van der Waals surface area contributed by atoms with E-state index in [1.165, 1.54) is 11.3 Å². The van der Waals surface area contributed by atoms with Crippen molar-refractivity contribution in [3.8, 4) is 17.2 Å². The van der Waals surface area contributed by atoms with E-state index in [2.05, 4.69) is 5.32 Å². The van der Waals surface area contributed by atoms with Gasteiger partial charge in [0.1, 0.15) is 0 Å². The third-order valence-electron chi connectivity index (χ3n) is 5.39. The van der Waals surface area contributed by atoms with Crippen molar-refractivity contribution in [1.29, 1.82) is 0 Å². The number of hydrogen-bond donors (Lipinski definition) is 1. The first-order valence-corrected chi connectivity index (χ1v) is 12.3. The number of hydrogen-bond acceptors (Lipinski definition) is 6. The average Bonchev–Trinajstić information content (AvgIpc) is 3.51. The molecular weight excluding hydrogens is 452 g/mol. The Morgan fingerprint density at radius 3 is 2.29 bits per heavy atom.